The molecule has 0 aromatic heterocycles. The quantitative estimate of drug-likeness (QED) is 0.488. The van der Waals surface area contributed by atoms with Crippen LogP contribution >= 0.6 is 0 Å². The molecule has 1 N–H and O–H groups in total. The Hall–Kier alpha value is -3.52. The van der Waals surface area contributed by atoms with Gasteiger partial charge >= 0.3 is 0 Å². The van der Waals surface area contributed by atoms with E-state index < -0.39 is 10.0 Å². The Morgan fingerprint density at radius 2 is 1.64 bits per heavy atom. The summed E-state index contributed by atoms with van der Waals surface area (Å²) in [7, 11) is -2.10. The second kappa shape index (κ2) is 10.9. The van der Waals surface area contributed by atoms with Crippen LogP contribution in [0.5, 0.6) is 11.5 Å². The highest BCUT2D eigenvalue weighted by Crippen LogP contribution is 2.26. The first-order chi connectivity index (χ1) is 15.8. The molecular formula is C25H28N2O5S. The van der Waals surface area contributed by atoms with Crippen molar-refractivity contribution in [2.75, 3.05) is 24.6 Å². The highest BCUT2D eigenvalue weighted by atomic mass is 32.2. The van der Waals surface area contributed by atoms with Gasteiger partial charge in [0.1, 0.15) is 11.5 Å². The molecule has 3 aromatic carbocycles. The smallest absolute Gasteiger partial charge is 0.264 e. The molecule has 7 nitrogen and oxygen atoms in total. The molecule has 0 saturated heterocycles. The number of benzene rings is 3. The number of carbonyl (C=O) groups excluding carboxylic acids is 1. The molecule has 0 radical (unpaired) electrons. The van der Waals surface area contributed by atoms with Crippen molar-refractivity contribution >= 4 is 21.6 Å². The van der Waals surface area contributed by atoms with E-state index in [9.17, 15) is 13.2 Å². The summed E-state index contributed by atoms with van der Waals surface area (Å²) >= 11 is 0. The number of para-hydroxylation sites is 1. The molecule has 0 spiro atoms. The number of sulfonamides is 1. The van der Waals surface area contributed by atoms with Crippen LogP contribution < -0.4 is 19.1 Å². The molecule has 0 aliphatic carbocycles. The summed E-state index contributed by atoms with van der Waals surface area (Å²) in [5.74, 6) is 0.896. The van der Waals surface area contributed by atoms with Gasteiger partial charge in [0.2, 0.25) is 0 Å². The maximum Gasteiger partial charge on any atom is 0.264 e. The molecule has 0 unspecified atom stereocenters. The number of rotatable bonds is 10. The topological polar surface area (TPSA) is 84.9 Å². The molecule has 1 amide bonds. The highest BCUT2D eigenvalue weighted by molar-refractivity contribution is 7.92. The van der Waals surface area contributed by atoms with Gasteiger partial charge in [-0.3, -0.25) is 9.10 Å². The van der Waals surface area contributed by atoms with Crippen LogP contribution in [-0.4, -0.2) is 34.6 Å². The molecule has 3 rings (SSSR count). The Labute approximate surface area is 195 Å². The van der Waals surface area contributed by atoms with Gasteiger partial charge in [0.25, 0.3) is 15.9 Å². The maximum atomic E-state index is 13.0. The largest absolute Gasteiger partial charge is 0.496 e. The molecule has 33 heavy (non-hydrogen) atoms. The molecule has 0 fully saturated rings. The van der Waals surface area contributed by atoms with E-state index in [2.05, 4.69) is 5.32 Å². The number of hydrogen-bond acceptors (Lipinski definition) is 5. The predicted molar refractivity (Wildman–Crippen MR) is 128 cm³/mol. The van der Waals surface area contributed by atoms with Gasteiger partial charge in [-0.05, 0) is 56.3 Å². The summed E-state index contributed by atoms with van der Waals surface area (Å²) in [6.07, 6.45) is 0. The van der Waals surface area contributed by atoms with Crippen LogP contribution in [0.15, 0.2) is 77.7 Å². The van der Waals surface area contributed by atoms with Crippen molar-refractivity contribution in [3.05, 3.63) is 83.9 Å². The lowest BCUT2D eigenvalue weighted by molar-refractivity contribution is -0.123. The van der Waals surface area contributed by atoms with E-state index >= 15 is 0 Å². The van der Waals surface area contributed by atoms with E-state index in [0.29, 0.717) is 23.7 Å². The average Bonchev–Trinajstić information content (AvgIpc) is 2.83. The van der Waals surface area contributed by atoms with E-state index in [-0.39, 0.29) is 24.0 Å². The standard InChI is InChI=1S/C25H28N2O5S/c1-4-27(33(29,30)23-15-9-19(2)10-16-23)21-11-13-22(14-12-21)32-18-25(28)26-17-20-7-5-6-8-24(20)31-3/h5-16H,4,17-18H2,1-3H3,(H,26,28). The van der Waals surface area contributed by atoms with Crippen molar-refractivity contribution in [3.8, 4) is 11.5 Å². The van der Waals surface area contributed by atoms with Gasteiger partial charge in [0.15, 0.2) is 6.61 Å². The summed E-state index contributed by atoms with van der Waals surface area (Å²) in [5, 5.41) is 2.79. The van der Waals surface area contributed by atoms with Gasteiger partial charge in [-0.2, -0.15) is 0 Å². The number of amides is 1. The van der Waals surface area contributed by atoms with E-state index in [1.54, 1.807) is 62.6 Å². The van der Waals surface area contributed by atoms with E-state index in [4.69, 9.17) is 9.47 Å². The molecule has 0 saturated carbocycles. The summed E-state index contributed by atoms with van der Waals surface area (Å²) in [6, 6.07) is 20.8. The number of nitrogens with zero attached hydrogens (tertiary/aromatic N) is 1. The fraction of sp³-hybridized carbons (Fsp3) is 0.240. The molecule has 174 valence electrons. The SMILES string of the molecule is CCN(c1ccc(OCC(=O)NCc2ccccc2OC)cc1)S(=O)(=O)c1ccc(C)cc1. The number of hydrogen-bond donors (Lipinski definition) is 1. The van der Waals surface area contributed by atoms with Gasteiger partial charge in [-0.1, -0.05) is 35.9 Å². The third-order valence-electron chi connectivity index (χ3n) is 5.06. The monoisotopic (exact) mass is 468 g/mol. The van der Waals surface area contributed by atoms with Gasteiger partial charge in [0.05, 0.1) is 17.7 Å². The van der Waals surface area contributed by atoms with Crippen LogP contribution in [0.1, 0.15) is 18.1 Å². The average molecular weight is 469 g/mol. The Morgan fingerprint density at radius 1 is 0.970 bits per heavy atom. The number of carbonyl (C=O) groups is 1. The van der Waals surface area contributed by atoms with Crippen LogP contribution in [0.25, 0.3) is 0 Å². The first-order valence-electron chi connectivity index (χ1n) is 10.6. The minimum atomic E-state index is -3.68. The zero-order valence-electron chi connectivity index (χ0n) is 18.9. The van der Waals surface area contributed by atoms with Gasteiger partial charge in [0, 0.05) is 18.7 Å². The summed E-state index contributed by atoms with van der Waals surface area (Å²) in [5.41, 5.74) is 2.38. The van der Waals surface area contributed by atoms with Gasteiger partial charge < -0.3 is 14.8 Å². The van der Waals surface area contributed by atoms with Crippen molar-refractivity contribution in [3.63, 3.8) is 0 Å². The van der Waals surface area contributed by atoms with Crippen LogP contribution in [-0.2, 0) is 21.4 Å². The summed E-state index contributed by atoms with van der Waals surface area (Å²) < 4.78 is 38.2. The molecule has 0 aliphatic heterocycles. The molecule has 0 aliphatic rings. The number of ether oxygens (including phenoxy) is 2. The Kier molecular flexibility index (Phi) is 7.95. The zero-order chi connectivity index (χ0) is 23.8. The van der Waals surface area contributed by atoms with Crippen LogP contribution in [0.3, 0.4) is 0 Å². The number of aryl methyl sites for hydroxylation is 1. The fourth-order valence-corrected chi connectivity index (χ4v) is 4.75. The van der Waals surface area contributed by atoms with Crippen molar-refractivity contribution in [1.82, 2.24) is 5.32 Å². The predicted octanol–water partition coefficient (Wildman–Crippen LogP) is 3.91. The number of anilines is 1. The second-order valence-corrected chi connectivity index (χ2v) is 9.22. The number of nitrogens with one attached hydrogen (secondary N) is 1. The third-order valence-corrected chi connectivity index (χ3v) is 6.98. The zero-order valence-corrected chi connectivity index (χ0v) is 19.8. The Balaban J connectivity index is 1.60. The maximum absolute atomic E-state index is 13.0. The van der Waals surface area contributed by atoms with Crippen molar-refractivity contribution in [1.29, 1.82) is 0 Å². The molecule has 3 aromatic rings. The molecule has 0 atom stereocenters. The lowest BCUT2D eigenvalue weighted by atomic mass is 10.2. The minimum Gasteiger partial charge on any atom is -0.496 e. The highest BCUT2D eigenvalue weighted by Gasteiger charge is 2.23. The van der Waals surface area contributed by atoms with Gasteiger partial charge in [-0.25, -0.2) is 8.42 Å². The van der Waals surface area contributed by atoms with Gasteiger partial charge in [-0.15, -0.1) is 0 Å². The first kappa shape index (κ1) is 24.1. The molecule has 0 heterocycles. The summed E-state index contributed by atoms with van der Waals surface area (Å²) in [6.45, 7) is 4.14. The van der Waals surface area contributed by atoms with Crippen molar-refractivity contribution in [2.24, 2.45) is 0 Å². The van der Waals surface area contributed by atoms with E-state index in [1.807, 2.05) is 31.2 Å². The van der Waals surface area contributed by atoms with Crippen molar-refractivity contribution in [2.45, 2.75) is 25.3 Å². The lowest BCUT2D eigenvalue weighted by Crippen LogP contribution is -2.30. The normalized spacial score (nSPS) is 11.0. The first-order valence-corrected chi connectivity index (χ1v) is 12.0. The molecule has 0 bridgehead atoms. The Morgan fingerprint density at radius 3 is 2.27 bits per heavy atom. The number of methoxy groups -OCH3 is 1. The van der Waals surface area contributed by atoms with Crippen LogP contribution in [0, 0.1) is 6.92 Å². The van der Waals surface area contributed by atoms with E-state index in [0.717, 1.165) is 11.1 Å². The minimum absolute atomic E-state index is 0.159. The fourth-order valence-electron chi connectivity index (χ4n) is 3.28. The van der Waals surface area contributed by atoms with Crippen molar-refractivity contribution < 1.29 is 22.7 Å². The second-order valence-electron chi connectivity index (χ2n) is 7.35. The summed E-state index contributed by atoms with van der Waals surface area (Å²) in [4.78, 5) is 12.4. The lowest BCUT2D eigenvalue weighted by Gasteiger charge is -2.23. The molecular weight excluding hydrogens is 440 g/mol. The molecule has 8 heteroatoms. The Bertz CT molecular complexity index is 1180. The van der Waals surface area contributed by atoms with E-state index in [1.165, 1.54) is 4.31 Å². The van der Waals surface area contributed by atoms with Crippen LogP contribution in [0.4, 0.5) is 5.69 Å². The third kappa shape index (κ3) is 6.04. The van der Waals surface area contributed by atoms with Crippen LogP contribution in [0.2, 0.25) is 0 Å².